The van der Waals surface area contributed by atoms with Crippen LogP contribution in [0.3, 0.4) is 0 Å². The fourth-order valence-electron chi connectivity index (χ4n) is 4.87. The largest absolute Gasteiger partial charge is 0.490 e. The van der Waals surface area contributed by atoms with E-state index in [1.165, 1.54) is 12.1 Å². The molecule has 2 heterocycles. The summed E-state index contributed by atoms with van der Waals surface area (Å²) in [7, 11) is 0. The molecule has 2 aliphatic rings. The molecule has 244 valence electrons. The number of benzene rings is 2. The van der Waals surface area contributed by atoms with Crippen LogP contribution in [0.5, 0.6) is 11.5 Å². The molecule has 44 heavy (non-hydrogen) atoms. The second kappa shape index (κ2) is 17.6. The standard InChI is InChI=1S/C28H36ClFN4O5.C2H4O2.CH4/c1-20(2)19-38-27-18-23(4-6-26(27)34(36)37)39-22-7-11-33(12-8-22)28(35)9-10-31-13-15-32(16-14-31)25-5-3-21(29)17-24(25)30;1-2(3)4;/h3-6,17-18,20,22H,7-16,19H2,1-2H3;1H3,(H,3,4);1H4. The smallest absolute Gasteiger partial charge is 0.311 e. The molecule has 2 aromatic rings. The van der Waals surface area contributed by atoms with Crippen molar-refractivity contribution in [2.75, 3.05) is 57.3 Å². The highest BCUT2D eigenvalue weighted by Gasteiger charge is 2.26. The lowest BCUT2D eigenvalue weighted by molar-refractivity contribution is -0.385. The molecule has 2 saturated heterocycles. The molecule has 2 aliphatic heterocycles. The number of amides is 1. The average Bonchev–Trinajstić information content (AvgIpc) is 2.95. The number of ether oxygens (including phenoxy) is 2. The number of nitro benzene ring substituents is 1. The number of nitrogens with zero attached hydrogens (tertiary/aromatic N) is 4. The number of aliphatic carboxylic acids is 1. The van der Waals surface area contributed by atoms with Gasteiger partial charge in [-0.1, -0.05) is 32.9 Å². The van der Waals surface area contributed by atoms with Crippen LogP contribution in [-0.4, -0.2) is 90.2 Å². The molecular formula is C31H44ClFN4O7. The highest BCUT2D eigenvalue weighted by atomic mass is 35.5. The van der Waals surface area contributed by atoms with Crippen LogP contribution >= 0.6 is 11.6 Å². The Morgan fingerprint density at radius 3 is 2.30 bits per heavy atom. The third-order valence-corrected chi connectivity index (χ3v) is 7.30. The van der Waals surface area contributed by atoms with Crippen LogP contribution < -0.4 is 14.4 Å². The molecule has 1 amide bonds. The van der Waals surface area contributed by atoms with Crippen LogP contribution in [0.15, 0.2) is 36.4 Å². The minimum absolute atomic E-state index is 0. The Morgan fingerprint density at radius 2 is 1.73 bits per heavy atom. The van der Waals surface area contributed by atoms with Crippen LogP contribution in [0.2, 0.25) is 5.02 Å². The van der Waals surface area contributed by atoms with Gasteiger partial charge in [0.25, 0.3) is 5.97 Å². The third kappa shape index (κ3) is 11.5. The zero-order valence-corrected chi connectivity index (χ0v) is 25.6. The Hall–Kier alpha value is -3.64. The average molecular weight is 639 g/mol. The normalized spacial score (nSPS) is 15.6. The maximum absolute atomic E-state index is 14.2. The van der Waals surface area contributed by atoms with Crippen molar-refractivity contribution in [2.45, 2.75) is 53.6 Å². The summed E-state index contributed by atoms with van der Waals surface area (Å²) in [5.41, 5.74) is 0.482. The van der Waals surface area contributed by atoms with Crippen molar-refractivity contribution < 1.29 is 33.5 Å². The summed E-state index contributed by atoms with van der Waals surface area (Å²) >= 11 is 5.86. The number of carbonyl (C=O) groups excluding carboxylic acids is 1. The molecule has 0 bridgehead atoms. The van der Waals surface area contributed by atoms with E-state index in [0.29, 0.717) is 75.1 Å². The number of piperidine rings is 1. The van der Waals surface area contributed by atoms with E-state index >= 15 is 0 Å². The number of halogens is 2. The van der Waals surface area contributed by atoms with Crippen LogP contribution in [0.1, 0.15) is 47.5 Å². The van der Waals surface area contributed by atoms with E-state index in [1.54, 1.807) is 24.3 Å². The first-order chi connectivity index (χ1) is 20.4. The van der Waals surface area contributed by atoms with Crippen molar-refractivity contribution in [3.05, 3.63) is 57.4 Å². The molecule has 0 unspecified atom stereocenters. The SMILES string of the molecule is C.CC(=O)O.CC(C)COc1cc(OC2CCN(C(=O)CCN3CCN(c4ccc(Cl)cc4F)CC3)CC2)ccc1[N+](=O)[O-]. The molecule has 4 rings (SSSR count). The first-order valence-corrected chi connectivity index (χ1v) is 14.8. The summed E-state index contributed by atoms with van der Waals surface area (Å²) in [5.74, 6) is -0.0504. The maximum atomic E-state index is 14.2. The monoisotopic (exact) mass is 638 g/mol. The van der Waals surface area contributed by atoms with E-state index in [0.717, 1.165) is 20.0 Å². The highest BCUT2D eigenvalue weighted by Crippen LogP contribution is 2.33. The molecular weight excluding hydrogens is 595 g/mol. The number of piperazine rings is 1. The Balaban J connectivity index is 0.00000127. The third-order valence-electron chi connectivity index (χ3n) is 7.06. The van der Waals surface area contributed by atoms with Crippen molar-refractivity contribution in [3.8, 4) is 11.5 Å². The van der Waals surface area contributed by atoms with Crippen molar-refractivity contribution in [1.82, 2.24) is 9.80 Å². The number of likely N-dealkylation sites (tertiary alicyclic amines) is 1. The predicted octanol–water partition coefficient (Wildman–Crippen LogP) is 5.73. The first kappa shape index (κ1) is 36.6. The first-order valence-electron chi connectivity index (χ1n) is 14.4. The lowest BCUT2D eigenvalue weighted by atomic mass is 10.1. The van der Waals surface area contributed by atoms with Gasteiger partial charge in [0.15, 0.2) is 0 Å². The zero-order chi connectivity index (χ0) is 31.5. The molecule has 11 nitrogen and oxygen atoms in total. The second-order valence-electron chi connectivity index (χ2n) is 11.0. The van der Waals surface area contributed by atoms with Gasteiger partial charge in [-0.3, -0.25) is 24.6 Å². The number of carbonyl (C=O) groups is 2. The number of hydrogen-bond acceptors (Lipinski definition) is 8. The van der Waals surface area contributed by atoms with Gasteiger partial charge in [-0.15, -0.1) is 0 Å². The fourth-order valence-corrected chi connectivity index (χ4v) is 5.03. The molecule has 2 fully saturated rings. The predicted molar refractivity (Wildman–Crippen MR) is 168 cm³/mol. The van der Waals surface area contributed by atoms with Gasteiger partial charge in [0.1, 0.15) is 17.7 Å². The second-order valence-corrected chi connectivity index (χ2v) is 11.4. The molecule has 2 aromatic carbocycles. The number of anilines is 1. The highest BCUT2D eigenvalue weighted by molar-refractivity contribution is 6.30. The number of rotatable bonds is 10. The van der Waals surface area contributed by atoms with Gasteiger partial charge in [-0.25, -0.2) is 4.39 Å². The molecule has 13 heteroatoms. The van der Waals surface area contributed by atoms with Crippen LogP contribution in [0.4, 0.5) is 15.8 Å². The minimum atomic E-state index is -0.833. The van der Waals surface area contributed by atoms with Gasteiger partial charge in [0.2, 0.25) is 11.7 Å². The van der Waals surface area contributed by atoms with E-state index in [4.69, 9.17) is 31.0 Å². The quantitative estimate of drug-likeness (QED) is 0.256. The summed E-state index contributed by atoms with van der Waals surface area (Å²) in [6.07, 6.45) is 1.75. The summed E-state index contributed by atoms with van der Waals surface area (Å²) in [4.78, 5) is 38.9. The van der Waals surface area contributed by atoms with Crippen molar-refractivity contribution >= 4 is 34.9 Å². The zero-order valence-electron chi connectivity index (χ0n) is 24.8. The summed E-state index contributed by atoms with van der Waals surface area (Å²) in [5, 5.41) is 19.1. The molecule has 0 aliphatic carbocycles. The molecule has 1 N–H and O–H groups in total. The number of carboxylic acids is 1. The minimum Gasteiger partial charge on any atom is -0.490 e. The Morgan fingerprint density at radius 1 is 1.09 bits per heavy atom. The molecule has 0 atom stereocenters. The maximum Gasteiger partial charge on any atom is 0.311 e. The number of hydrogen-bond donors (Lipinski definition) is 1. The van der Waals surface area contributed by atoms with Crippen molar-refractivity contribution in [2.24, 2.45) is 5.92 Å². The molecule has 0 radical (unpaired) electrons. The summed E-state index contributed by atoms with van der Waals surface area (Å²) in [6, 6.07) is 9.34. The van der Waals surface area contributed by atoms with Crippen LogP contribution in [0, 0.1) is 21.8 Å². The van der Waals surface area contributed by atoms with Crippen molar-refractivity contribution in [3.63, 3.8) is 0 Å². The van der Waals surface area contributed by atoms with Crippen LogP contribution in [0.25, 0.3) is 0 Å². The van der Waals surface area contributed by atoms with E-state index in [2.05, 4.69) is 4.90 Å². The van der Waals surface area contributed by atoms with Gasteiger partial charge in [0.05, 0.1) is 17.2 Å². The Kier molecular flexibility index (Phi) is 14.6. The molecule has 0 saturated carbocycles. The van der Waals surface area contributed by atoms with Crippen LogP contribution in [-0.2, 0) is 9.59 Å². The number of nitro groups is 1. The Labute approximate surface area is 263 Å². The lowest BCUT2D eigenvalue weighted by Crippen LogP contribution is -2.48. The van der Waals surface area contributed by atoms with Crippen molar-refractivity contribution in [1.29, 1.82) is 0 Å². The Bertz CT molecular complexity index is 1250. The van der Waals surface area contributed by atoms with E-state index in [9.17, 15) is 19.3 Å². The van der Waals surface area contributed by atoms with E-state index < -0.39 is 10.9 Å². The van der Waals surface area contributed by atoms with E-state index in [-0.39, 0.29) is 42.6 Å². The molecule has 0 spiro atoms. The van der Waals surface area contributed by atoms with Gasteiger partial charge in [-0.2, -0.15) is 0 Å². The van der Waals surface area contributed by atoms with Gasteiger partial charge in [-0.05, 0) is 30.2 Å². The van der Waals surface area contributed by atoms with Gasteiger partial charge < -0.3 is 24.4 Å². The molecule has 0 aromatic heterocycles. The topological polar surface area (TPSA) is 126 Å². The number of carboxylic acid groups (broad SMARTS) is 1. The summed E-state index contributed by atoms with van der Waals surface area (Å²) < 4.78 is 26.0. The van der Waals surface area contributed by atoms with Gasteiger partial charge in [0, 0.05) is 89.2 Å². The summed E-state index contributed by atoms with van der Waals surface area (Å²) in [6.45, 7) is 10.2. The fraction of sp³-hybridized carbons (Fsp3) is 0.548. The lowest BCUT2D eigenvalue weighted by Gasteiger charge is -2.37. The van der Waals surface area contributed by atoms with Gasteiger partial charge >= 0.3 is 5.69 Å². The van der Waals surface area contributed by atoms with E-state index in [1.807, 2.05) is 23.6 Å².